The van der Waals surface area contributed by atoms with Crippen molar-refractivity contribution in [3.63, 3.8) is 0 Å². The minimum absolute atomic E-state index is 0.0337. The highest BCUT2D eigenvalue weighted by molar-refractivity contribution is 8.04. The lowest BCUT2D eigenvalue weighted by Gasteiger charge is -2.37. The SMILES string of the molecule is CC(C)CC(CC(=O)N1CCN(c2ccccc2)CC1)C(=O)N1CCC2C1C(=O)CN2S(=O)(=O)C(=O)c1cccnc1. The zero-order valence-corrected chi connectivity index (χ0v) is 24.8. The van der Waals surface area contributed by atoms with E-state index in [2.05, 4.69) is 9.88 Å². The van der Waals surface area contributed by atoms with E-state index in [1.165, 1.54) is 29.4 Å². The number of nitrogens with zero attached hydrogens (tertiary/aromatic N) is 5. The third-order valence-electron chi connectivity index (χ3n) is 8.38. The number of piperazine rings is 1. The van der Waals surface area contributed by atoms with Gasteiger partial charge in [-0.3, -0.25) is 24.2 Å². The van der Waals surface area contributed by atoms with E-state index in [4.69, 9.17) is 0 Å². The van der Waals surface area contributed by atoms with E-state index in [-0.39, 0.29) is 42.7 Å². The Kier molecular flexibility index (Phi) is 8.74. The van der Waals surface area contributed by atoms with Crippen LogP contribution in [0.2, 0.25) is 0 Å². The zero-order chi connectivity index (χ0) is 30.0. The zero-order valence-electron chi connectivity index (χ0n) is 24.0. The number of fused-ring (bicyclic) bond motifs is 1. The molecule has 0 spiro atoms. The van der Waals surface area contributed by atoms with E-state index in [1.54, 1.807) is 4.90 Å². The monoisotopic (exact) mass is 595 g/mol. The Labute approximate surface area is 246 Å². The van der Waals surface area contributed by atoms with Crippen LogP contribution in [0.4, 0.5) is 5.69 Å². The Balaban J connectivity index is 1.26. The fourth-order valence-electron chi connectivity index (χ4n) is 6.35. The Morgan fingerprint density at radius 2 is 1.69 bits per heavy atom. The molecule has 0 radical (unpaired) electrons. The number of hydrogen-bond donors (Lipinski definition) is 0. The Hall–Kier alpha value is -3.64. The smallest absolute Gasteiger partial charge is 0.293 e. The molecule has 0 N–H and O–H groups in total. The van der Waals surface area contributed by atoms with Gasteiger partial charge in [0, 0.05) is 63.1 Å². The molecule has 11 nitrogen and oxygen atoms in total. The van der Waals surface area contributed by atoms with Crippen molar-refractivity contribution in [1.29, 1.82) is 0 Å². The number of rotatable bonds is 8. The van der Waals surface area contributed by atoms with Gasteiger partial charge in [-0.25, -0.2) is 8.42 Å². The highest BCUT2D eigenvalue weighted by Crippen LogP contribution is 2.35. The van der Waals surface area contributed by atoms with Crippen molar-refractivity contribution in [2.24, 2.45) is 11.8 Å². The van der Waals surface area contributed by atoms with Crippen LogP contribution in [-0.2, 0) is 24.4 Å². The number of anilines is 1. The molecule has 224 valence electrons. The molecule has 3 unspecified atom stereocenters. The molecule has 0 saturated carbocycles. The summed E-state index contributed by atoms with van der Waals surface area (Å²) >= 11 is 0. The number of aromatic nitrogens is 1. The lowest BCUT2D eigenvalue weighted by Crippen LogP contribution is -2.50. The van der Waals surface area contributed by atoms with E-state index in [1.807, 2.05) is 44.2 Å². The van der Waals surface area contributed by atoms with Crippen molar-refractivity contribution < 1.29 is 27.6 Å². The molecule has 12 heteroatoms. The molecule has 2 amide bonds. The van der Waals surface area contributed by atoms with Crippen LogP contribution in [0.1, 0.15) is 43.5 Å². The lowest BCUT2D eigenvalue weighted by atomic mass is 9.91. The minimum Gasteiger partial charge on any atom is -0.368 e. The van der Waals surface area contributed by atoms with E-state index < -0.39 is 45.5 Å². The molecule has 3 aliphatic rings. The molecule has 4 heterocycles. The number of hydrogen-bond acceptors (Lipinski definition) is 8. The number of carbonyl (C=O) groups excluding carboxylic acids is 4. The summed E-state index contributed by atoms with van der Waals surface area (Å²) < 4.78 is 27.4. The summed E-state index contributed by atoms with van der Waals surface area (Å²) in [6.07, 6.45) is 3.35. The average Bonchev–Trinajstić information content (AvgIpc) is 3.58. The summed E-state index contributed by atoms with van der Waals surface area (Å²) in [5.74, 6) is -1.31. The van der Waals surface area contributed by atoms with Gasteiger partial charge in [-0.1, -0.05) is 32.0 Å². The molecule has 0 bridgehead atoms. The van der Waals surface area contributed by atoms with Crippen molar-refractivity contribution in [2.75, 3.05) is 44.2 Å². The van der Waals surface area contributed by atoms with Gasteiger partial charge in [0.25, 0.3) is 15.1 Å². The minimum atomic E-state index is -4.49. The first kappa shape index (κ1) is 29.8. The van der Waals surface area contributed by atoms with Gasteiger partial charge in [0.05, 0.1) is 18.2 Å². The van der Waals surface area contributed by atoms with Crippen LogP contribution < -0.4 is 4.90 Å². The largest absolute Gasteiger partial charge is 0.368 e. The first-order valence-electron chi connectivity index (χ1n) is 14.4. The molecule has 1 aromatic carbocycles. The Bertz CT molecular complexity index is 1430. The van der Waals surface area contributed by atoms with Gasteiger partial charge < -0.3 is 14.7 Å². The highest BCUT2D eigenvalue weighted by atomic mass is 32.2. The Morgan fingerprint density at radius 1 is 0.976 bits per heavy atom. The number of ketones is 1. The predicted molar refractivity (Wildman–Crippen MR) is 156 cm³/mol. The van der Waals surface area contributed by atoms with E-state index in [0.717, 1.165) is 9.99 Å². The van der Waals surface area contributed by atoms with Crippen LogP contribution in [0.3, 0.4) is 0 Å². The molecule has 3 saturated heterocycles. The van der Waals surface area contributed by atoms with Gasteiger partial charge in [-0.15, -0.1) is 0 Å². The number of likely N-dealkylation sites (tertiary alicyclic amines) is 1. The predicted octanol–water partition coefficient (Wildman–Crippen LogP) is 1.81. The number of benzene rings is 1. The number of Topliss-reactive ketones (excluding diaryl/α,β-unsaturated/α-hetero) is 1. The summed E-state index contributed by atoms with van der Waals surface area (Å²) in [4.78, 5) is 62.6. The maximum absolute atomic E-state index is 13.9. The molecule has 5 rings (SSSR count). The molecular weight excluding hydrogens is 558 g/mol. The summed E-state index contributed by atoms with van der Waals surface area (Å²) in [5.41, 5.74) is 1.03. The molecule has 3 fully saturated rings. The molecule has 1 aromatic heterocycles. The van der Waals surface area contributed by atoms with Crippen LogP contribution in [0.5, 0.6) is 0 Å². The van der Waals surface area contributed by atoms with E-state index in [9.17, 15) is 27.6 Å². The molecule has 3 atom stereocenters. The second kappa shape index (κ2) is 12.3. The topological polar surface area (TPSA) is 128 Å². The van der Waals surface area contributed by atoms with Crippen molar-refractivity contribution >= 4 is 38.4 Å². The summed E-state index contributed by atoms with van der Waals surface area (Å²) in [7, 11) is -4.49. The number of pyridine rings is 1. The van der Waals surface area contributed by atoms with Crippen LogP contribution in [0, 0.1) is 11.8 Å². The second-order valence-corrected chi connectivity index (χ2v) is 13.4. The standard InChI is InChI=1S/C30H37N5O6S/c1-21(2)17-23(18-27(37)33-15-13-32(14-16-33)24-8-4-3-5-9-24)29(38)34-12-10-25-28(34)26(36)20-35(25)42(40,41)30(39)22-7-6-11-31-19-22/h3-9,11,19,21,23,25,28H,10,12-18,20H2,1-2H3. The molecular formula is C30H37N5O6S. The van der Waals surface area contributed by atoms with Gasteiger partial charge in [-0.05, 0) is 43.0 Å². The van der Waals surface area contributed by atoms with Crippen molar-refractivity contribution in [3.05, 3.63) is 60.4 Å². The van der Waals surface area contributed by atoms with Crippen molar-refractivity contribution in [1.82, 2.24) is 19.1 Å². The van der Waals surface area contributed by atoms with E-state index in [0.29, 0.717) is 32.6 Å². The fraction of sp³-hybridized carbons (Fsp3) is 0.500. The first-order chi connectivity index (χ1) is 20.1. The van der Waals surface area contributed by atoms with Crippen LogP contribution in [0.15, 0.2) is 54.9 Å². The molecule has 3 aliphatic heterocycles. The van der Waals surface area contributed by atoms with Crippen molar-refractivity contribution in [3.8, 4) is 0 Å². The second-order valence-electron chi connectivity index (χ2n) is 11.6. The third-order valence-corrected chi connectivity index (χ3v) is 10.1. The first-order valence-corrected chi connectivity index (χ1v) is 15.9. The average molecular weight is 596 g/mol. The number of para-hydroxylation sites is 1. The third kappa shape index (κ3) is 5.96. The summed E-state index contributed by atoms with van der Waals surface area (Å²) in [5, 5.41) is -1.12. The summed E-state index contributed by atoms with van der Waals surface area (Å²) in [6.45, 7) is 6.20. The van der Waals surface area contributed by atoms with Gasteiger partial charge >= 0.3 is 0 Å². The Morgan fingerprint density at radius 3 is 2.33 bits per heavy atom. The normalized spacial score (nSPS) is 22.0. The van der Waals surface area contributed by atoms with Crippen LogP contribution in [-0.4, -0.2) is 102 Å². The molecule has 42 heavy (non-hydrogen) atoms. The summed E-state index contributed by atoms with van der Waals surface area (Å²) in [6, 6.07) is 11.1. The van der Waals surface area contributed by atoms with Crippen LogP contribution in [0.25, 0.3) is 0 Å². The van der Waals surface area contributed by atoms with Gasteiger partial charge in [0.15, 0.2) is 5.78 Å². The van der Waals surface area contributed by atoms with Crippen LogP contribution >= 0.6 is 0 Å². The number of sulfonamides is 1. The van der Waals surface area contributed by atoms with Gasteiger partial charge in [-0.2, -0.15) is 4.31 Å². The lowest BCUT2D eigenvalue weighted by molar-refractivity contribution is -0.144. The molecule has 0 aliphatic carbocycles. The highest BCUT2D eigenvalue weighted by Gasteiger charge is 2.55. The van der Waals surface area contributed by atoms with Crippen molar-refractivity contribution in [2.45, 2.75) is 45.2 Å². The van der Waals surface area contributed by atoms with Gasteiger partial charge in [0.1, 0.15) is 6.04 Å². The number of amides is 2. The maximum atomic E-state index is 13.9. The molecule has 2 aromatic rings. The van der Waals surface area contributed by atoms with E-state index >= 15 is 0 Å². The number of carbonyl (C=O) groups is 4. The maximum Gasteiger partial charge on any atom is 0.293 e. The fourth-order valence-corrected chi connectivity index (χ4v) is 7.85. The van der Waals surface area contributed by atoms with Gasteiger partial charge in [0.2, 0.25) is 11.8 Å². The quantitative estimate of drug-likeness (QED) is 0.452.